The van der Waals surface area contributed by atoms with E-state index in [1.807, 2.05) is 24.3 Å². The summed E-state index contributed by atoms with van der Waals surface area (Å²) in [6.45, 7) is 6.82. The van der Waals surface area contributed by atoms with Gasteiger partial charge < -0.3 is 10.2 Å². The first-order valence-electron chi connectivity index (χ1n) is 10.3. The molecule has 0 spiro atoms. The second-order valence-electron chi connectivity index (χ2n) is 6.99. The van der Waals surface area contributed by atoms with Crippen molar-refractivity contribution in [2.45, 2.75) is 52.9 Å². The summed E-state index contributed by atoms with van der Waals surface area (Å²) in [5, 5.41) is 2.98. The second-order valence-corrected chi connectivity index (χ2v) is 6.99. The summed E-state index contributed by atoms with van der Waals surface area (Å²) in [7, 11) is 0. The normalized spacial score (nSPS) is 10.5. The van der Waals surface area contributed by atoms with Crippen LogP contribution in [0.2, 0.25) is 0 Å². The predicted octanol–water partition coefficient (Wildman–Crippen LogP) is 4.30. The summed E-state index contributed by atoms with van der Waals surface area (Å²) in [6, 6.07) is 16.4. The smallest absolute Gasteiger partial charge is 0.223 e. The number of rotatable bonds is 10. The van der Waals surface area contributed by atoms with Gasteiger partial charge in [-0.25, -0.2) is 0 Å². The van der Waals surface area contributed by atoms with Crippen molar-refractivity contribution in [2.24, 2.45) is 0 Å². The molecule has 0 radical (unpaired) electrons. The van der Waals surface area contributed by atoms with Gasteiger partial charge in [0.25, 0.3) is 0 Å². The van der Waals surface area contributed by atoms with Gasteiger partial charge in [-0.15, -0.1) is 0 Å². The van der Waals surface area contributed by atoms with Gasteiger partial charge >= 0.3 is 0 Å². The summed E-state index contributed by atoms with van der Waals surface area (Å²) in [5.41, 5.74) is 4.57. The molecular formula is C24H32N2O2. The quantitative estimate of drug-likeness (QED) is 0.625. The molecule has 0 bridgehead atoms. The van der Waals surface area contributed by atoms with Crippen molar-refractivity contribution < 1.29 is 9.59 Å². The summed E-state index contributed by atoms with van der Waals surface area (Å²) >= 11 is 0. The highest BCUT2D eigenvalue weighted by Crippen LogP contribution is 2.27. The van der Waals surface area contributed by atoms with Gasteiger partial charge in [-0.1, -0.05) is 62.4 Å². The van der Waals surface area contributed by atoms with Crippen LogP contribution in [0.15, 0.2) is 48.5 Å². The van der Waals surface area contributed by atoms with Gasteiger partial charge in [-0.05, 0) is 42.4 Å². The first kappa shape index (κ1) is 21.7. The van der Waals surface area contributed by atoms with Crippen LogP contribution in [-0.2, 0) is 28.9 Å². The maximum Gasteiger partial charge on any atom is 0.223 e. The van der Waals surface area contributed by atoms with Crippen molar-refractivity contribution in [1.29, 1.82) is 0 Å². The highest BCUT2D eigenvalue weighted by molar-refractivity contribution is 5.94. The van der Waals surface area contributed by atoms with Crippen LogP contribution in [0, 0.1) is 0 Å². The van der Waals surface area contributed by atoms with Gasteiger partial charge in [0.15, 0.2) is 0 Å². The molecule has 0 aliphatic carbocycles. The molecule has 0 aliphatic rings. The molecule has 28 heavy (non-hydrogen) atoms. The largest absolute Gasteiger partial charge is 0.356 e. The average Bonchev–Trinajstić information content (AvgIpc) is 2.71. The van der Waals surface area contributed by atoms with Crippen LogP contribution in [0.4, 0.5) is 5.69 Å². The second kappa shape index (κ2) is 11.3. The van der Waals surface area contributed by atoms with Crippen LogP contribution in [0.3, 0.4) is 0 Å². The lowest BCUT2D eigenvalue weighted by Gasteiger charge is -2.26. The van der Waals surface area contributed by atoms with Crippen LogP contribution in [0.25, 0.3) is 0 Å². The third-order valence-electron chi connectivity index (χ3n) is 4.98. The molecule has 4 heteroatoms. The number of benzene rings is 2. The molecule has 0 fully saturated rings. The van der Waals surface area contributed by atoms with E-state index in [-0.39, 0.29) is 11.8 Å². The molecule has 2 amide bonds. The van der Waals surface area contributed by atoms with Crippen LogP contribution in [0.1, 0.15) is 50.3 Å². The van der Waals surface area contributed by atoms with E-state index in [0.29, 0.717) is 19.5 Å². The topological polar surface area (TPSA) is 49.4 Å². The molecule has 2 rings (SSSR count). The maximum atomic E-state index is 12.3. The number of nitrogens with zero attached hydrogens (tertiary/aromatic N) is 1. The number of para-hydroxylation sites is 1. The minimum absolute atomic E-state index is 0.00802. The van der Waals surface area contributed by atoms with Crippen LogP contribution < -0.4 is 10.2 Å². The van der Waals surface area contributed by atoms with E-state index in [1.54, 1.807) is 11.8 Å². The Balaban J connectivity index is 1.89. The lowest BCUT2D eigenvalue weighted by molar-refractivity contribution is -0.121. The number of hydrogen-bond donors (Lipinski definition) is 1. The van der Waals surface area contributed by atoms with Crippen molar-refractivity contribution in [2.75, 3.05) is 18.0 Å². The zero-order valence-electron chi connectivity index (χ0n) is 17.3. The van der Waals surface area contributed by atoms with Gasteiger partial charge in [-0.2, -0.15) is 0 Å². The van der Waals surface area contributed by atoms with Crippen molar-refractivity contribution in [3.05, 3.63) is 65.2 Å². The summed E-state index contributed by atoms with van der Waals surface area (Å²) in [4.78, 5) is 26.3. The zero-order chi connectivity index (χ0) is 20.4. The molecule has 0 heterocycles. The van der Waals surface area contributed by atoms with Crippen LogP contribution >= 0.6 is 0 Å². The van der Waals surface area contributed by atoms with Gasteiger partial charge in [0, 0.05) is 32.1 Å². The van der Waals surface area contributed by atoms with E-state index in [9.17, 15) is 9.59 Å². The van der Waals surface area contributed by atoms with Gasteiger partial charge in [0.05, 0.1) is 0 Å². The fourth-order valence-corrected chi connectivity index (χ4v) is 3.46. The summed E-state index contributed by atoms with van der Waals surface area (Å²) in [5.74, 6) is -0.0289. The molecule has 2 aromatic rings. The molecule has 150 valence electrons. The molecule has 2 aromatic carbocycles. The average molecular weight is 381 g/mol. The lowest BCUT2D eigenvalue weighted by Crippen LogP contribution is -2.35. The lowest BCUT2D eigenvalue weighted by atomic mass is 10.0. The molecule has 0 saturated carbocycles. The standard InChI is InChI=1S/C24H32N2O2/c1-4-21-14-9-15-22(5-2)24(21)26(19(3)27)18-16-23(28)25-17-10-13-20-11-7-6-8-12-20/h6-9,11-12,14-15H,4-5,10,13,16-18H2,1-3H3,(H,25,28). The Kier molecular flexibility index (Phi) is 8.73. The van der Waals surface area contributed by atoms with Gasteiger partial charge in [-0.3, -0.25) is 9.59 Å². The van der Waals surface area contributed by atoms with E-state index >= 15 is 0 Å². The molecule has 0 aromatic heterocycles. The van der Waals surface area contributed by atoms with Crippen LogP contribution in [-0.4, -0.2) is 24.9 Å². The highest BCUT2D eigenvalue weighted by atomic mass is 16.2. The molecule has 0 unspecified atom stereocenters. The van der Waals surface area contributed by atoms with Crippen molar-refractivity contribution in [1.82, 2.24) is 5.32 Å². The summed E-state index contributed by atoms with van der Waals surface area (Å²) in [6.07, 6.45) is 3.89. The fraction of sp³-hybridized carbons (Fsp3) is 0.417. The number of amides is 2. The Hall–Kier alpha value is -2.62. The number of aryl methyl sites for hydroxylation is 3. The Morgan fingerprint density at radius 1 is 0.929 bits per heavy atom. The Bertz CT molecular complexity index is 749. The molecule has 0 saturated heterocycles. The number of hydrogen-bond acceptors (Lipinski definition) is 2. The van der Waals surface area contributed by atoms with Crippen LogP contribution in [0.5, 0.6) is 0 Å². The Labute approximate surface area is 169 Å². The van der Waals surface area contributed by atoms with E-state index in [1.165, 1.54) is 5.56 Å². The fourth-order valence-electron chi connectivity index (χ4n) is 3.46. The first-order chi connectivity index (χ1) is 13.6. The zero-order valence-corrected chi connectivity index (χ0v) is 17.3. The molecule has 0 atom stereocenters. The Morgan fingerprint density at radius 2 is 1.57 bits per heavy atom. The molecule has 0 aliphatic heterocycles. The first-order valence-corrected chi connectivity index (χ1v) is 10.3. The number of anilines is 1. The van der Waals surface area contributed by atoms with E-state index in [4.69, 9.17) is 0 Å². The maximum absolute atomic E-state index is 12.3. The molecule has 4 nitrogen and oxygen atoms in total. The minimum atomic E-state index is -0.0209. The summed E-state index contributed by atoms with van der Waals surface area (Å²) < 4.78 is 0. The predicted molar refractivity (Wildman–Crippen MR) is 116 cm³/mol. The van der Waals surface area contributed by atoms with E-state index in [0.717, 1.165) is 42.5 Å². The SMILES string of the molecule is CCc1cccc(CC)c1N(CCC(=O)NCCCc1ccccc1)C(C)=O. The van der Waals surface area contributed by atoms with E-state index in [2.05, 4.69) is 43.4 Å². The van der Waals surface area contributed by atoms with Crippen molar-refractivity contribution in [3.63, 3.8) is 0 Å². The van der Waals surface area contributed by atoms with Gasteiger partial charge in [0.1, 0.15) is 0 Å². The molecular weight excluding hydrogens is 348 g/mol. The highest BCUT2D eigenvalue weighted by Gasteiger charge is 2.19. The monoisotopic (exact) mass is 380 g/mol. The number of nitrogens with one attached hydrogen (secondary N) is 1. The number of carbonyl (C=O) groups is 2. The Morgan fingerprint density at radius 3 is 2.14 bits per heavy atom. The van der Waals surface area contributed by atoms with E-state index < -0.39 is 0 Å². The third kappa shape index (κ3) is 6.22. The minimum Gasteiger partial charge on any atom is -0.356 e. The number of carbonyl (C=O) groups excluding carboxylic acids is 2. The van der Waals surface area contributed by atoms with Crippen molar-refractivity contribution in [3.8, 4) is 0 Å². The van der Waals surface area contributed by atoms with Gasteiger partial charge in [0.2, 0.25) is 11.8 Å². The third-order valence-corrected chi connectivity index (χ3v) is 4.98. The molecule has 1 N–H and O–H groups in total. The van der Waals surface area contributed by atoms with Crippen molar-refractivity contribution >= 4 is 17.5 Å².